The van der Waals surface area contributed by atoms with Crippen LogP contribution in [-0.4, -0.2) is 88.8 Å². The van der Waals surface area contributed by atoms with Crippen LogP contribution >= 0.6 is 11.8 Å². The van der Waals surface area contributed by atoms with E-state index in [1.165, 1.54) is 30.0 Å². The number of furan rings is 1. The van der Waals surface area contributed by atoms with Gasteiger partial charge in [-0.2, -0.15) is 0 Å². The lowest BCUT2D eigenvalue weighted by molar-refractivity contribution is -0.148. The second-order valence-electron chi connectivity index (χ2n) is 14.5. The predicted molar refractivity (Wildman–Crippen MR) is 206 cm³/mol. The fourth-order valence-corrected chi connectivity index (χ4v) is 8.48. The van der Waals surface area contributed by atoms with Crippen molar-refractivity contribution in [3.8, 4) is 5.75 Å². The summed E-state index contributed by atoms with van der Waals surface area (Å²) >= 11 is 1.45. The summed E-state index contributed by atoms with van der Waals surface area (Å²) in [6, 6.07) is 17.3. The molecule has 3 heterocycles. The number of ether oxygens (including phenoxy) is 2. The van der Waals surface area contributed by atoms with Crippen molar-refractivity contribution in [1.29, 1.82) is 0 Å². The van der Waals surface area contributed by atoms with Gasteiger partial charge in [0.2, 0.25) is 11.8 Å². The highest BCUT2D eigenvalue weighted by atomic mass is 32.2. The Morgan fingerprint density at radius 1 is 1.00 bits per heavy atom. The van der Waals surface area contributed by atoms with E-state index in [1.54, 1.807) is 18.2 Å². The quantitative estimate of drug-likeness (QED) is 0.156. The third-order valence-corrected chi connectivity index (χ3v) is 11.8. The minimum Gasteiger partial charge on any atom is -0.493 e. The number of methoxy groups -OCH3 is 1. The van der Waals surface area contributed by atoms with Gasteiger partial charge in [0.25, 0.3) is 11.8 Å². The lowest BCUT2D eigenvalue weighted by atomic mass is 9.94. The van der Waals surface area contributed by atoms with Gasteiger partial charge >= 0.3 is 0 Å². The largest absolute Gasteiger partial charge is 0.493 e. The number of aliphatic hydroxyl groups excluding tert-OH is 1. The molecule has 0 spiro atoms. The number of carbonyl (C=O) groups excluding carboxylic acids is 4. The number of hydrogen-bond acceptors (Lipinski definition) is 9. The maximum atomic E-state index is 14.3. The third-order valence-electron chi connectivity index (χ3n) is 10.5. The van der Waals surface area contributed by atoms with E-state index in [4.69, 9.17) is 13.9 Å². The van der Waals surface area contributed by atoms with E-state index in [9.17, 15) is 24.3 Å². The van der Waals surface area contributed by atoms with Gasteiger partial charge in [-0.3, -0.25) is 19.2 Å². The maximum Gasteiger partial charge on any atom is 0.255 e. The van der Waals surface area contributed by atoms with Crippen molar-refractivity contribution in [2.75, 3.05) is 26.2 Å². The van der Waals surface area contributed by atoms with Crippen molar-refractivity contribution >= 4 is 46.4 Å². The molecule has 0 bridgehead atoms. The number of aliphatic hydroxyl groups is 1. The van der Waals surface area contributed by atoms with E-state index < -0.39 is 46.7 Å². The number of nitrogens with one attached hydrogen (secondary N) is 3. The van der Waals surface area contributed by atoms with Crippen molar-refractivity contribution < 1.29 is 38.2 Å². The summed E-state index contributed by atoms with van der Waals surface area (Å²) in [5, 5.41) is 21.2. The number of para-hydroxylation sites is 1. The monoisotopic (exact) mass is 756 g/mol. The molecule has 1 aromatic heterocycles. The molecule has 0 saturated carbocycles. The molecule has 13 heteroatoms. The molecule has 0 unspecified atom stereocenters. The fourth-order valence-electron chi connectivity index (χ4n) is 7.34. The molecule has 2 saturated heterocycles. The molecule has 54 heavy (non-hydrogen) atoms. The Balaban J connectivity index is 1.23. The number of nitrogens with zero attached hydrogens (tertiary/aromatic N) is 1. The summed E-state index contributed by atoms with van der Waals surface area (Å²) in [5.74, 6) is -1.83. The number of carbonyl (C=O) groups is 4. The zero-order chi connectivity index (χ0) is 38.6. The Morgan fingerprint density at radius 3 is 2.41 bits per heavy atom. The molecule has 3 aromatic carbocycles. The summed E-state index contributed by atoms with van der Waals surface area (Å²) < 4.78 is 16.0. The first-order valence-corrected chi connectivity index (χ1v) is 19.1. The highest BCUT2D eigenvalue weighted by Gasteiger charge is 2.50. The number of hydrogen-bond donors (Lipinski definition) is 4. The molecular weight excluding hydrogens is 709 g/mol. The second kappa shape index (κ2) is 16.7. The number of thioether (sulfide) groups is 1. The molecule has 286 valence electrons. The van der Waals surface area contributed by atoms with Crippen LogP contribution in [0.15, 0.2) is 77.4 Å². The van der Waals surface area contributed by atoms with Gasteiger partial charge in [-0.15, -0.1) is 11.8 Å². The van der Waals surface area contributed by atoms with Crippen molar-refractivity contribution in [3.05, 3.63) is 101 Å². The van der Waals surface area contributed by atoms with Crippen molar-refractivity contribution in [2.45, 2.75) is 76.1 Å². The van der Waals surface area contributed by atoms with Gasteiger partial charge < -0.3 is 39.8 Å². The number of benzene rings is 3. The maximum absolute atomic E-state index is 14.3. The topological polar surface area (TPSA) is 159 Å². The van der Waals surface area contributed by atoms with E-state index in [-0.39, 0.29) is 36.3 Å². The molecule has 2 aliphatic heterocycles. The van der Waals surface area contributed by atoms with Gasteiger partial charge in [0.05, 0.1) is 31.2 Å². The molecule has 12 nitrogen and oxygen atoms in total. The first kappa shape index (κ1) is 38.9. The average molecular weight is 757 g/mol. The first-order chi connectivity index (χ1) is 25.9. The van der Waals surface area contributed by atoms with Gasteiger partial charge in [0.15, 0.2) is 17.4 Å². The van der Waals surface area contributed by atoms with E-state index in [2.05, 4.69) is 16.0 Å². The van der Waals surface area contributed by atoms with Crippen molar-refractivity contribution in [2.24, 2.45) is 5.92 Å². The number of rotatable bonds is 13. The van der Waals surface area contributed by atoms with Crippen LogP contribution in [0.2, 0.25) is 0 Å². The van der Waals surface area contributed by atoms with Crippen LogP contribution in [0, 0.1) is 19.8 Å². The smallest absolute Gasteiger partial charge is 0.255 e. The number of fused-ring (bicyclic) bond motifs is 1. The standard InChI is InChI=1S/C41H48N4O8S/c1-24-11-9-12-25(2)29(24)20-42-39(49)36-41(3,4)54-23-45(36)40(50)34(46)31(19-26-13-7-6-8-14-26)43-38(48)33(27-17-18-52-21-27)44-37(47)30-22-53-35-28(30)15-10-16-32(35)51-5/h6-16,22,27,31,33-34,36,46H,17-21,23H2,1-5H3,(H,42,49)(H,43,48)(H,44,47)/t27-,31-,33-,34-,36+/m0/s1. The molecule has 0 radical (unpaired) electrons. The van der Waals surface area contributed by atoms with Crippen LogP contribution in [0.25, 0.3) is 11.0 Å². The second-order valence-corrected chi connectivity index (χ2v) is 16.1. The van der Waals surface area contributed by atoms with Crippen LogP contribution in [0.1, 0.15) is 52.9 Å². The first-order valence-electron chi connectivity index (χ1n) is 18.1. The van der Waals surface area contributed by atoms with Crippen LogP contribution in [0.4, 0.5) is 0 Å². The summed E-state index contributed by atoms with van der Waals surface area (Å²) in [6.07, 6.45) is 0.246. The van der Waals surface area contributed by atoms with Gasteiger partial charge in [-0.1, -0.05) is 60.7 Å². The number of amides is 4. The van der Waals surface area contributed by atoms with E-state index in [1.807, 2.05) is 76.2 Å². The Hall–Kier alpha value is -4.85. The molecule has 5 atom stereocenters. The molecule has 4 amide bonds. The Bertz CT molecular complexity index is 1970. The normalized spacial score (nSPS) is 19.6. The van der Waals surface area contributed by atoms with Crippen molar-refractivity contribution in [3.63, 3.8) is 0 Å². The van der Waals surface area contributed by atoms with Gasteiger partial charge in [0, 0.05) is 29.2 Å². The van der Waals surface area contributed by atoms with E-state index in [0.29, 0.717) is 36.3 Å². The zero-order valence-electron chi connectivity index (χ0n) is 31.2. The molecule has 2 aliphatic rings. The molecule has 4 aromatic rings. The molecule has 6 rings (SSSR count). The summed E-state index contributed by atoms with van der Waals surface area (Å²) in [5.41, 5.74) is 4.52. The predicted octanol–water partition coefficient (Wildman–Crippen LogP) is 4.28. The van der Waals surface area contributed by atoms with Gasteiger partial charge in [-0.25, -0.2) is 0 Å². The lowest BCUT2D eigenvalue weighted by Crippen LogP contribution is -2.60. The van der Waals surface area contributed by atoms with E-state index >= 15 is 0 Å². The fraction of sp³-hybridized carbons (Fsp3) is 0.415. The number of aryl methyl sites for hydroxylation is 2. The van der Waals surface area contributed by atoms with E-state index in [0.717, 1.165) is 22.3 Å². The van der Waals surface area contributed by atoms with Gasteiger partial charge in [0.1, 0.15) is 18.3 Å². The van der Waals surface area contributed by atoms with Crippen molar-refractivity contribution in [1.82, 2.24) is 20.9 Å². The zero-order valence-corrected chi connectivity index (χ0v) is 32.0. The van der Waals surface area contributed by atoms with Crippen LogP contribution in [-0.2, 0) is 32.1 Å². The molecule has 2 fully saturated rings. The highest BCUT2D eigenvalue weighted by Crippen LogP contribution is 2.40. The van der Waals surface area contributed by atoms with Crippen LogP contribution in [0.3, 0.4) is 0 Å². The Morgan fingerprint density at radius 2 is 1.72 bits per heavy atom. The third kappa shape index (κ3) is 8.28. The van der Waals surface area contributed by atoms with Crippen LogP contribution < -0.4 is 20.7 Å². The summed E-state index contributed by atoms with van der Waals surface area (Å²) in [6.45, 7) is 8.74. The minimum atomic E-state index is -1.71. The molecule has 0 aliphatic carbocycles. The Labute approximate surface area is 319 Å². The van der Waals surface area contributed by atoms with Gasteiger partial charge in [-0.05, 0) is 68.9 Å². The lowest BCUT2D eigenvalue weighted by Gasteiger charge is -2.34. The Kier molecular flexibility index (Phi) is 12.0. The summed E-state index contributed by atoms with van der Waals surface area (Å²) in [7, 11) is 1.51. The molecular formula is C41H48N4O8S. The minimum absolute atomic E-state index is 0.112. The molecule has 4 N–H and O–H groups in total. The summed E-state index contributed by atoms with van der Waals surface area (Å²) in [4.78, 5) is 57.6. The van der Waals surface area contributed by atoms with Crippen LogP contribution in [0.5, 0.6) is 5.75 Å². The average Bonchev–Trinajstić information content (AvgIpc) is 3.92. The SMILES string of the molecule is COc1cccc2c(C(=O)N[C@H](C(=O)N[C@@H](Cc3ccccc3)[C@H](O)C(=O)N3CSC(C)(C)[C@H]3C(=O)NCc3c(C)cccc3C)[C@H]3CCOC3)coc12. The highest BCUT2D eigenvalue weighted by molar-refractivity contribution is 8.00.